The monoisotopic (exact) mass is 477 g/mol. The molecule has 0 saturated carbocycles. The van der Waals surface area contributed by atoms with Gasteiger partial charge in [0.2, 0.25) is 5.91 Å². The van der Waals surface area contributed by atoms with Crippen LogP contribution in [-0.2, 0) is 17.6 Å². The first-order valence-corrected chi connectivity index (χ1v) is 12.6. The molecule has 0 fully saturated rings. The van der Waals surface area contributed by atoms with Crippen LogP contribution in [0.2, 0.25) is 0 Å². The van der Waals surface area contributed by atoms with Gasteiger partial charge in [0.15, 0.2) is 0 Å². The second-order valence-electron chi connectivity index (χ2n) is 9.69. The van der Waals surface area contributed by atoms with E-state index in [0.717, 1.165) is 64.7 Å². The Morgan fingerprint density at radius 3 is 2.81 bits per heavy atom. The van der Waals surface area contributed by atoms with E-state index in [1.165, 1.54) is 17.0 Å². The van der Waals surface area contributed by atoms with Gasteiger partial charge in [0.05, 0.1) is 16.9 Å². The molecule has 0 saturated heterocycles. The number of amides is 1. The largest absolute Gasteiger partial charge is 0.353 e. The molecular formula is C31H28FN3O. The summed E-state index contributed by atoms with van der Waals surface area (Å²) in [7, 11) is 0. The van der Waals surface area contributed by atoms with E-state index in [0.29, 0.717) is 6.42 Å². The number of benzene rings is 3. The SMILES string of the molecule is CC1CCc2cc(F)ccc2N1C(=O)CCCc1c(-c2ccc3ccccc3n2)[nH]c2ccccc12. The number of aromatic amines is 1. The Balaban J connectivity index is 1.27. The average molecular weight is 478 g/mol. The van der Waals surface area contributed by atoms with E-state index in [1.54, 1.807) is 12.1 Å². The van der Waals surface area contributed by atoms with Gasteiger partial charge in [0.1, 0.15) is 5.82 Å². The minimum atomic E-state index is -0.245. The number of anilines is 1. The number of fused-ring (bicyclic) bond motifs is 3. The zero-order chi connectivity index (χ0) is 24.6. The number of hydrogen-bond acceptors (Lipinski definition) is 2. The first-order chi connectivity index (χ1) is 17.6. The molecule has 4 nitrogen and oxygen atoms in total. The van der Waals surface area contributed by atoms with Gasteiger partial charge in [-0.2, -0.15) is 0 Å². The molecule has 0 radical (unpaired) electrons. The molecule has 1 amide bonds. The van der Waals surface area contributed by atoms with Crippen LogP contribution >= 0.6 is 0 Å². The minimum Gasteiger partial charge on any atom is -0.353 e. The molecule has 0 bridgehead atoms. The Kier molecular flexibility index (Phi) is 5.76. The number of nitrogens with zero attached hydrogens (tertiary/aromatic N) is 2. The number of nitrogens with one attached hydrogen (secondary N) is 1. The quantitative estimate of drug-likeness (QED) is 0.291. The zero-order valence-electron chi connectivity index (χ0n) is 20.3. The summed E-state index contributed by atoms with van der Waals surface area (Å²) in [5.41, 5.74) is 6.92. The Bertz CT molecular complexity index is 1590. The fraction of sp³-hybridized carbons (Fsp3) is 0.226. The van der Waals surface area contributed by atoms with Gasteiger partial charge in [-0.25, -0.2) is 9.37 Å². The summed E-state index contributed by atoms with van der Waals surface area (Å²) in [5, 5.41) is 2.28. The van der Waals surface area contributed by atoms with Crippen molar-refractivity contribution in [2.24, 2.45) is 0 Å². The highest BCUT2D eigenvalue weighted by Crippen LogP contribution is 2.34. The van der Waals surface area contributed by atoms with Crippen LogP contribution < -0.4 is 4.90 Å². The Hall–Kier alpha value is -3.99. The van der Waals surface area contributed by atoms with Crippen molar-refractivity contribution in [3.05, 3.63) is 95.8 Å². The fourth-order valence-corrected chi connectivity index (χ4v) is 5.52. The smallest absolute Gasteiger partial charge is 0.227 e. The molecule has 1 unspecified atom stereocenters. The lowest BCUT2D eigenvalue weighted by Crippen LogP contribution is -2.42. The van der Waals surface area contributed by atoms with Gasteiger partial charge in [-0.15, -0.1) is 0 Å². The number of pyridine rings is 1. The van der Waals surface area contributed by atoms with Crippen molar-refractivity contribution < 1.29 is 9.18 Å². The van der Waals surface area contributed by atoms with E-state index in [2.05, 4.69) is 42.2 Å². The predicted octanol–water partition coefficient (Wildman–Crippen LogP) is 7.21. The lowest BCUT2D eigenvalue weighted by Gasteiger charge is -2.35. The summed E-state index contributed by atoms with van der Waals surface area (Å²) in [5.74, 6) is -0.148. The standard InChI is InChI=1S/C31H28FN3O/c1-20-13-14-22-19-23(32)16-18-29(22)35(20)30(36)12-6-9-25-24-8-3-5-11-27(24)34-31(25)28-17-15-21-7-2-4-10-26(21)33-28/h2-5,7-8,10-11,15-20,34H,6,9,12-14H2,1H3. The molecular weight excluding hydrogens is 449 g/mol. The summed E-state index contributed by atoms with van der Waals surface area (Å²) in [6, 6.07) is 25.5. The molecule has 5 aromatic rings. The molecule has 2 aromatic heterocycles. The van der Waals surface area contributed by atoms with Crippen molar-refractivity contribution in [2.45, 2.75) is 45.1 Å². The molecule has 1 aliphatic heterocycles. The van der Waals surface area contributed by atoms with E-state index >= 15 is 0 Å². The maximum absolute atomic E-state index is 13.8. The number of carbonyl (C=O) groups excluding carboxylic acids is 1. The van der Waals surface area contributed by atoms with Gasteiger partial charge >= 0.3 is 0 Å². The van der Waals surface area contributed by atoms with Crippen LogP contribution in [0.5, 0.6) is 0 Å². The van der Waals surface area contributed by atoms with Gasteiger partial charge in [-0.05, 0) is 80.1 Å². The van der Waals surface area contributed by atoms with E-state index in [-0.39, 0.29) is 17.8 Å². The lowest BCUT2D eigenvalue weighted by atomic mass is 9.95. The van der Waals surface area contributed by atoms with Gasteiger partial charge in [-0.1, -0.05) is 42.5 Å². The maximum Gasteiger partial charge on any atom is 0.227 e. The summed E-state index contributed by atoms with van der Waals surface area (Å²) in [6.45, 7) is 2.08. The van der Waals surface area contributed by atoms with Crippen LogP contribution in [0.3, 0.4) is 0 Å². The number of para-hydroxylation sites is 2. The Morgan fingerprint density at radius 2 is 1.89 bits per heavy atom. The van der Waals surface area contributed by atoms with E-state index in [1.807, 2.05) is 35.2 Å². The fourth-order valence-electron chi connectivity index (χ4n) is 5.52. The third-order valence-corrected chi connectivity index (χ3v) is 7.33. The topological polar surface area (TPSA) is 49.0 Å². The number of carbonyl (C=O) groups is 1. The predicted molar refractivity (Wildman–Crippen MR) is 144 cm³/mol. The van der Waals surface area contributed by atoms with E-state index < -0.39 is 0 Å². The van der Waals surface area contributed by atoms with Gasteiger partial charge < -0.3 is 9.88 Å². The molecule has 1 atom stereocenters. The van der Waals surface area contributed by atoms with Gasteiger partial charge in [-0.3, -0.25) is 4.79 Å². The molecule has 5 heteroatoms. The van der Waals surface area contributed by atoms with Crippen molar-refractivity contribution in [3.63, 3.8) is 0 Å². The molecule has 3 heterocycles. The number of rotatable bonds is 5. The molecule has 180 valence electrons. The molecule has 36 heavy (non-hydrogen) atoms. The van der Waals surface area contributed by atoms with Crippen LogP contribution in [0.25, 0.3) is 33.2 Å². The van der Waals surface area contributed by atoms with Crippen molar-refractivity contribution in [2.75, 3.05) is 4.90 Å². The summed E-state index contributed by atoms with van der Waals surface area (Å²) in [6.07, 6.45) is 3.57. The van der Waals surface area contributed by atoms with Crippen LogP contribution in [0.1, 0.15) is 37.3 Å². The number of aryl methyl sites for hydroxylation is 2. The molecule has 6 rings (SSSR count). The van der Waals surface area contributed by atoms with E-state index in [9.17, 15) is 9.18 Å². The summed E-state index contributed by atoms with van der Waals surface area (Å²) >= 11 is 0. The molecule has 1 aliphatic rings. The maximum atomic E-state index is 13.8. The van der Waals surface area contributed by atoms with Crippen molar-refractivity contribution in [1.82, 2.24) is 9.97 Å². The minimum absolute atomic E-state index is 0.0975. The molecule has 0 aliphatic carbocycles. The lowest BCUT2D eigenvalue weighted by molar-refractivity contribution is -0.119. The second-order valence-corrected chi connectivity index (χ2v) is 9.69. The van der Waals surface area contributed by atoms with Gasteiger partial charge in [0.25, 0.3) is 0 Å². The van der Waals surface area contributed by atoms with Crippen molar-refractivity contribution in [1.29, 1.82) is 0 Å². The van der Waals surface area contributed by atoms with Crippen molar-refractivity contribution in [3.8, 4) is 11.4 Å². The molecule has 0 spiro atoms. The van der Waals surface area contributed by atoms with Crippen LogP contribution in [0.4, 0.5) is 10.1 Å². The highest BCUT2D eigenvalue weighted by atomic mass is 19.1. The summed E-state index contributed by atoms with van der Waals surface area (Å²) in [4.78, 5) is 23.7. The van der Waals surface area contributed by atoms with Crippen LogP contribution in [0, 0.1) is 5.82 Å². The third-order valence-electron chi connectivity index (χ3n) is 7.33. The third kappa shape index (κ3) is 4.05. The normalized spacial score (nSPS) is 15.4. The first-order valence-electron chi connectivity index (χ1n) is 12.6. The number of H-pyrrole nitrogens is 1. The number of hydrogen-bond donors (Lipinski definition) is 1. The summed E-state index contributed by atoms with van der Waals surface area (Å²) < 4.78 is 13.8. The Labute approximate surface area is 209 Å². The number of aromatic nitrogens is 2. The number of halogens is 1. The molecule has 3 aromatic carbocycles. The second kappa shape index (κ2) is 9.23. The zero-order valence-corrected chi connectivity index (χ0v) is 20.3. The van der Waals surface area contributed by atoms with Gasteiger partial charge in [0, 0.05) is 34.4 Å². The molecule has 1 N–H and O–H groups in total. The van der Waals surface area contributed by atoms with Crippen LogP contribution in [-0.4, -0.2) is 21.9 Å². The van der Waals surface area contributed by atoms with E-state index in [4.69, 9.17) is 4.98 Å². The highest BCUT2D eigenvalue weighted by molar-refractivity contribution is 5.95. The average Bonchev–Trinajstić information content (AvgIpc) is 3.27. The highest BCUT2D eigenvalue weighted by Gasteiger charge is 2.28. The first kappa shape index (κ1) is 22.5. The van der Waals surface area contributed by atoms with Crippen molar-refractivity contribution >= 4 is 33.4 Å². The Morgan fingerprint density at radius 1 is 1.06 bits per heavy atom. The van der Waals surface area contributed by atoms with Crippen LogP contribution in [0.15, 0.2) is 78.9 Å².